The molecule has 1 atom stereocenters. The Morgan fingerprint density at radius 3 is 2.51 bits per heavy atom. The predicted molar refractivity (Wildman–Crippen MR) is 161 cm³/mol. The molecule has 1 aliphatic carbocycles. The van der Waals surface area contributed by atoms with Gasteiger partial charge in [0.05, 0.1) is 17.0 Å². The number of nitrogens with one attached hydrogen (secondary N) is 2. The molecule has 2 aromatic heterocycles. The van der Waals surface area contributed by atoms with Gasteiger partial charge in [0, 0.05) is 30.0 Å². The molecule has 1 saturated heterocycles. The van der Waals surface area contributed by atoms with Crippen molar-refractivity contribution in [1.82, 2.24) is 24.6 Å². The van der Waals surface area contributed by atoms with Crippen LogP contribution in [0.15, 0.2) is 66.5 Å². The first kappa shape index (κ1) is 29.6. The number of allylic oxidation sites excluding steroid dienone is 1. The number of anilines is 3. The summed E-state index contributed by atoms with van der Waals surface area (Å²) in [5.41, 5.74) is 7.65. The van der Waals surface area contributed by atoms with E-state index in [1.54, 1.807) is 39.9 Å². The van der Waals surface area contributed by atoms with Crippen LogP contribution in [-0.4, -0.2) is 49.7 Å². The van der Waals surface area contributed by atoms with Gasteiger partial charge in [0.15, 0.2) is 5.65 Å². The van der Waals surface area contributed by atoms with Gasteiger partial charge in [0.2, 0.25) is 0 Å². The lowest BCUT2D eigenvalue weighted by atomic mass is 10.0. The molecule has 230 valence electrons. The summed E-state index contributed by atoms with van der Waals surface area (Å²) in [6, 6.07) is 12.2. The Morgan fingerprint density at radius 1 is 1.04 bits per heavy atom. The molecule has 0 spiro atoms. The van der Waals surface area contributed by atoms with E-state index >= 15 is 0 Å². The standard InChI is InChI=1S/C31H28F3N9O2/c32-31(33,34)21-3-1-4-23(14-21)40-30(45)39-22-10-8-19(9-11-22)26-25-27(36)37-17-38-28(25)43(41-26)24-5-2-12-42(16-24)29(44)20(15-35)13-18-6-7-18/h1,3-4,8-11,13-14,17-18,24H,2,5-7,12,16H2,(H2,36,37,38)(H2,39,40,45)/b20-13+/t24-/m1/s1. The van der Waals surface area contributed by atoms with Crippen molar-refractivity contribution in [2.75, 3.05) is 29.5 Å². The van der Waals surface area contributed by atoms with Crippen LogP contribution in [0.4, 0.5) is 35.2 Å². The van der Waals surface area contributed by atoms with Gasteiger partial charge in [-0.3, -0.25) is 4.79 Å². The third-order valence-electron chi connectivity index (χ3n) is 7.79. The van der Waals surface area contributed by atoms with E-state index in [-0.39, 0.29) is 29.0 Å². The maximum Gasteiger partial charge on any atom is 0.416 e. The SMILES string of the molecule is N#C/C(=C\C1CC1)C(=O)N1CCC[C@@H](n2nc(-c3ccc(NC(=O)Nc4cccc(C(F)(F)F)c4)cc3)c3c(N)ncnc32)C1. The van der Waals surface area contributed by atoms with Crippen molar-refractivity contribution < 1.29 is 22.8 Å². The predicted octanol–water partition coefficient (Wildman–Crippen LogP) is 5.76. The molecule has 2 aliphatic rings. The minimum atomic E-state index is -4.53. The zero-order valence-electron chi connectivity index (χ0n) is 23.9. The zero-order chi connectivity index (χ0) is 31.7. The van der Waals surface area contributed by atoms with E-state index in [1.165, 1.54) is 18.5 Å². The minimum Gasteiger partial charge on any atom is -0.383 e. The number of carbonyl (C=O) groups excluding carboxylic acids is 2. The van der Waals surface area contributed by atoms with Crippen molar-refractivity contribution in [2.45, 2.75) is 37.9 Å². The summed E-state index contributed by atoms with van der Waals surface area (Å²) in [4.78, 5) is 35.9. The van der Waals surface area contributed by atoms with Crippen molar-refractivity contribution in [3.8, 4) is 17.3 Å². The normalized spacial score (nSPS) is 17.2. The Morgan fingerprint density at radius 2 is 1.80 bits per heavy atom. The second-order valence-corrected chi connectivity index (χ2v) is 11.1. The quantitative estimate of drug-likeness (QED) is 0.184. The molecule has 3 amide bonds. The summed E-state index contributed by atoms with van der Waals surface area (Å²) >= 11 is 0. The number of hydrogen-bond acceptors (Lipinski definition) is 7. The van der Waals surface area contributed by atoms with Crippen molar-refractivity contribution in [2.24, 2.45) is 5.92 Å². The average Bonchev–Trinajstić information content (AvgIpc) is 3.76. The van der Waals surface area contributed by atoms with Crippen LogP contribution in [0.25, 0.3) is 22.3 Å². The fraction of sp³-hybridized carbons (Fsp3) is 0.290. The summed E-state index contributed by atoms with van der Waals surface area (Å²) in [7, 11) is 0. The lowest BCUT2D eigenvalue weighted by Crippen LogP contribution is -2.41. The molecule has 0 bridgehead atoms. The lowest BCUT2D eigenvalue weighted by Gasteiger charge is -2.32. The van der Waals surface area contributed by atoms with Gasteiger partial charge in [-0.15, -0.1) is 0 Å². The number of amides is 3. The molecule has 1 saturated carbocycles. The van der Waals surface area contributed by atoms with Gasteiger partial charge in [0.25, 0.3) is 5.91 Å². The molecule has 0 radical (unpaired) electrons. The minimum absolute atomic E-state index is 0.00260. The van der Waals surface area contributed by atoms with E-state index in [0.717, 1.165) is 37.8 Å². The van der Waals surface area contributed by atoms with Crippen LogP contribution in [0, 0.1) is 17.2 Å². The maximum absolute atomic E-state index is 13.2. The highest BCUT2D eigenvalue weighted by molar-refractivity contribution is 6.01. The largest absolute Gasteiger partial charge is 0.416 e. The number of likely N-dealkylation sites (tertiary alicyclic amines) is 1. The first-order valence-electron chi connectivity index (χ1n) is 14.4. The number of alkyl halides is 3. The number of nitriles is 1. The topological polar surface area (TPSA) is 155 Å². The summed E-state index contributed by atoms with van der Waals surface area (Å²) in [6.45, 7) is 0.893. The Hall–Kier alpha value is -5.45. The van der Waals surface area contributed by atoms with Gasteiger partial charge < -0.3 is 21.3 Å². The smallest absolute Gasteiger partial charge is 0.383 e. The lowest BCUT2D eigenvalue weighted by molar-refractivity contribution is -0.137. The maximum atomic E-state index is 13.2. The van der Waals surface area contributed by atoms with Crippen molar-refractivity contribution >= 4 is 40.2 Å². The molecule has 4 N–H and O–H groups in total. The number of benzene rings is 2. The number of halogens is 3. The van der Waals surface area contributed by atoms with E-state index in [9.17, 15) is 28.0 Å². The highest BCUT2D eigenvalue weighted by Crippen LogP contribution is 2.35. The molecular formula is C31H28F3N9O2. The molecular weight excluding hydrogens is 587 g/mol. The molecule has 4 aromatic rings. The number of nitrogens with zero attached hydrogens (tertiary/aromatic N) is 6. The summed E-state index contributed by atoms with van der Waals surface area (Å²) in [6.07, 6.45) is 2.04. The molecule has 1 aliphatic heterocycles. The number of piperidine rings is 1. The van der Waals surface area contributed by atoms with E-state index in [2.05, 4.69) is 26.7 Å². The number of nitrogens with two attached hydrogens (primary N) is 1. The third-order valence-corrected chi connectivity index (χ3v) is 7.79. The number of nitrogen functional groups attached to an aromatic ring is 1. The summed E-state index contributed by atoms with van der Waals surface area (Å²) < 4.78 is 40.8. The van der Waals surface area contributed by atoms with Crippen LogP contribution < -0.4 is 16.4 Å². The van der Waals surface area contributed by atoms with Crippen LogP contribution >= 0.6 is 0 Å². The number of urea groups is 1. The van der Waals surface area contributed by atoms with Gasteiger partial charge in [0.1, 0.15) is 29.5 Å². The Bertz CT molecular complexity index is 1840. The van der Waals surface area contributed by atoms with Crippen LogP contribution in [0.2, 0.25) is 0 Å². The van der Waals surface area contributed by atoms with Crippen molar-refractivity contribution in [3.63, 3.8) is 0 Å². The van der Waals surface area contributed by atoms with Gasteiger partial charge in [-0.05, 0) is 61.9 Å². The van der Waals surface area contributed by atoms with E-state index < -0.39 is 17.8 Å². The fourth-order valence-electron chi connectivity index (χ4n) is 5.39. The van der Waals surface area contributed by atoms with E-state index in [4.69, 9.17) is 10.8 Å². The molecule has 6 rings (SSSR count). The Labute approximate surface area is 255 Å². The average molecular weight is 616 g/mol. The van der Waals surface area contributed by atoms with Crippen LogP contribution in [0.1, 0.15) is 37.3 Å². The van der Waals surface area contributed by atoms with Gasteiger partial charge in [-0.25, -0.2) is 19.4 Å². The highest BCUT2D eigenvalue weighted by atomic mass is 19.4. The third kappa shape index (κ3) is 6.42. The zero-order valence-corrected chi connectivity index (χ0v) is 23.9. The van der Waals surface area contributed by atoms with E-state index in [1.807, 2.05) is 0 Å². The first-order chi connectivity index (χ1) is 21.6. The molecule has 2 aromatic carbocycles. The highest BCUT2D eigenvalue weighted by Gasteiger charge is 2.32. The molecule has 0 unspecified atom stereocenters. The second-order valence-electron chi connectivity index (χ2n) is 11.1. The molecule has 2 fully saturated rings. The Balaban J connectivity index is 1.21. The first-order valence-corrected chi connectivity index (χ1v) is 14.4. The number of aromatic nitrogens is 4. The molecule has 45 heavy (non-hydrogen) atoms. The number of fused-ring (bicyclic) bond motifs is 1. The Kier molecular flexibility index (Phi) is 7.84. The summed E-state index contributed by atoms with van der Waals surface area (Å²) in [5, 5.41) is 20.0. The van der Waals surface area contributed by atoms with Gasteiger partial charge >= 0.3 is 12.2 Å². The van der Waals surface area contributed by atoms with Gasteiger partial charge in [-0.1, -0.05) is 24.3 Å². The van der Waals surface area contributed by atoms with E-state index in [0.29, 0.717) is 47.0 Å². The molecule has 14 heteroatoms. The van der Waals surface area contributed by atoms with Crippen molar-refractivity contribution in [3.05, 3.63) is 72.1 Å². The summed E-state index contributed by atoms with van der Waals surface area (Å²) in [5.74, 6) is 0.250. The fourth-order valence-corrected chi connectivity index (χ4v) is 5.39. The van der Waals surface area contributed by atoms with Crippen LogP contribution in [0.5, 0.6) is 0 Å². The monoisotopic (exact) mass is 615 g/mol. The molecule has 11 nitrogen and oxygen atoms in total. The van der Waals surface area contributed by atoms with Crippen LogP contribution in [0.3, 0.4) is 0 Å². The number of carbonyl (C=O) groups is 2. The number of hydrogen-bond donors (Lipinski definition) is 3. The number of rotatable bonds is 6. The van der Waals surface area contributed by atoms with Gasteiger partial charge in [-0.2, -0.15) is 23.5 Å². The molecule has 3 heterocycles. The van der Waals surface area contributed by atoms with Crippen molar-refractivity contribution in [1.29, 1.82) is 5.26 Å². The van der Waals surface area contributed by atoms with Crippen LogP contribution in [-0.2, 0) is 11.0 Å². The second kappa shape index (κ2) is 11.9.